The van der Waals surface area contributed by atoms with Gasteiger partial charge in [0.2, 0.25) is 5.91 Å². The second kappa shape index (κ2) is 9.39. The summed E-state index contributed by atoms with van der Waals surface area (Å²) in [6.07, 6.45) is 3.30. The van der Waals surface area contributed by atoms with E-state index < -0.39 is 11.1 Å². The molecule has 1 heterocycles. The molecule has 0 unspecified atom stereocenters. The standard InChI is InChI=1S/C18H22N2O4S/c1-3-13-5-7-14(8-6-13)11-15-17(22)20(18(23)25-15)12-16(21)19-9-4-10-24-2/h5-8,11H,3-4,9-10,12H2,1-2H3,(H,19,21)/b15-11-. The molecule has 6 nitrogen and oxygen atoms in total. The maximum Gasteiger partial charge on any atom is 0.294 e. The van der Waals surface area contributed by atoms with E-state index in [1.54, 1.807) is 13.2 Å². The van der Waals surface area contributed by atoms with Crippen LogP contribution in [0.1, 0.15) is 24.5 Å². The summed E-state index contributed by atoms with van der Waals surface area (Å²) < 4.78 is 4.90. The Bertz CT molecular complexity index is 670. The molecule has 0 atom stereocenters. The highest BCUT2D eigenvalue weighted by Gasteiger charge is 2.36. The molecule has 1 aliphatic heterocycles. The van der Waals surface area contributed by atoms with E-state index in [2.05, 4.69) is 12.2 Å². The third-order valence-corrected chi connectivity index (χ3v) is 4.62. The zero-order valence-electron chi connectivity index (χ0n) is 14.4. The van der Waals surface area contributed by atoms with Crippen molar-refractivity contribution in [3.63, 3.8) is 0 Å². The molecule has 0 aromatic heterocycles. The number of aryl methyl sites for hydroxylation is 1. The van der Waals surface area contributed by atoms with Gasteiger partial charge in [-0.15, -0.1) is 0 Å². The number of thioether (sulfide) groups is 1. The Labute approximate surface area is 151 Å². The molecule has 1 aromatic carbocycles. The van der Waals surface area contributed by atoms with E-state index in [-0.39, 0.29) is 12.5 Å². The molecule has 1 fully saturated rings. The summed E-state index contributed by atoms with van der Waals surface area (Å²) in [6.45, 7) is 2.80. The van der Waals surface area contributed by atoms with Crippen LogP contribution in [0.15, 0.2) is 29.2 Å². The molecule has 2 rings (SSSR count). The van der Waals surface area contributed by atoms with Crippen molar-refractivity contribution in [3.05, 3.63) is 40.3 Å². The van der Waals surface area contributed by atoms with Crippen LogP contribution in [0.2, 0.25) is 0 Å². The first-order chi connectivity index (χ1) is 12.0. The Morgan fingerprint density at radius 3 is 2.64 bits per heavy atom. The number of hydrogen-bond acceptors (Lipinski definition) is 5. The molecule has 0 aliphatic carbocycles. The molecule has 1 aliphatic rings. The van der Waals surface area contributed by atoms with E-state index in [1.165, 1.54) is 5.56 Å². The molecule has 1 N–H and O–H groups in total. The molecule has 0 spiro atoms. The number of nitrogens with one attached hydrogen (secondary N) is 1. The van der Waals surface area contributed by atoms with Crippen LogP contribution in [0.5, 0.6) is 0 Å². The molecule has 1 aromatic rings. The van der Waals surface area contributed by atoms with Gasteiger partial charge in [-0.1, -0.05) is 31.2 Å². The minimum Gasteiger partial charge on any atom is -0.385 e. The van der Waals surface area contributed by atoms with Crippen LogP contribution < -0.4 is 5.32 Å². The first-order valence-electron chi connectivity index (χ1n) is 8.15. The van der Waals surface area contributed by atoms with Crippen molar-refractivity contribution in [2.45, 2.75) is 19.8 Å². The monoisotopic (exact) mass is 362 g/mol. The molecular weight excluding hydrogens is 340 g/mol. The van der Waals surface area contributed by atoms with Gasteiger partial charge in [0, 0.05) is 20.3 Å². The first kappa shape index (κ1) is 19.2. The summed E-state index contributed by atoms with van der Waals surface area (Å²) in [5.41, 5.74) is 2.06. The molecule has 0 saturated carbocycles. The minimum atomic E-state index is -0.429. The normalized spacial score (nSPS) is 15.9. The first-order valence-corrected chi connectivity index (χ1v) is 8.96. The van der Waals surface area contributed by atoms with Gasteiger partial charge in [-0.05, 0) is 41.8 Å². The van der Waals surface area contributed by atoms with E-state index in [0.717, 1.165) is 28.6 Å². The van der Waals surface area contributed by atoms with Crippen LogP contribution in [0.4, 0.5) is 4.79 Å². The molecule has 1 saturated heterocycles. The van der Waals surface area contributed by atoms with E-state index >= 15 is 0 Å². The molecule has 7 heteroatoms. The number of carbonyl (C=O) groups excluding carboxylic acids is 3. The Hall–Kier alpha value is -2.12. The summed E-state index contributed by atoms with van der Waals surface area (Å²) in [6, 6.07) is 7.80. The van der Waals surface area contributed by atoms with Gasteiger partial charge >= 0.3 is 0 Å². The zero-order valence-corrected chi connectivity index (χ0v) is 15.2. The van der Waals surface area contributed by atoms with Gasteiger partial charge in [0.05, 0.1) is 4.91 Å². The quantitative estimate of drug-likeness (QED) is 0.568. The molecule has 0 bridgehead atoms. The summed E-state index contributed by atoms with van der Waals surface area (Å²) in [5.74, 6) is -0.784. The maximum absolute atomic E-state index is 12.4. The lowest BCUT2D eigenvalue weighted by Crippen LogP contribution is -2.39. The summed E-state index contributed by atoms with van der Waals surface area (Å²) >= 11 is 0.859. The van der Waals surface area contributed by atoms with Crippen molar-refractivity contribution >= 4 is 34.9 Å². The molecule has 3 amide bonds. The second-order valence-electron chi connectivity index (χ2n) is 5.56. The number of carbonyl (C=O) groups is 3. The van der Waals surface area contributed by atoms with Crippen LogP contribution >= 0.6 is 11.8 Å². The number of nitrogens with zero attached hydrogens (tertiary/aromatic N) is 1. The second-order valence-corrected chi connectivity index (χ2v) is 6.55. The third kappa shape index (κ3) is 5.44. The van der Waals surface area contributed by atoms with E-state index in [4.69, 9.17) is 4.74 Å². The van der Waals surface area contributed by atoms with E-state index in [1.807, 2.05) is 24.3 Å². The smallest absolute Gasteiger partial charge is 0.294 e. The van der Waals surface area contributed by atoms with Gasteiger partial charge in [-0.3, -0.25) is 19.3 Å². The number of hydrogen-bond donors (Lipinski definition) is 1. The predicted molar refractivity (Wildman–Crippen MR) is 98.0 cm³/mol. The van der Waals surface area contributed by atoms with E-state index in [9.17, 15) is 14.4 Å². The number of ether oxygens (including phenoxy) is 1. The fourth-order valence-corrected chi connectivity index (χ4v) is 3.12. The summed E-state index contributed by atoms with van der Waals surface area (Å²) in [4.78, 5) is 37.6. The lowest BCUT2D eigenvalue weighted by Gasteiger charge is -2.12. The van der Waals surface area contributed by atoms with Crippen LogP contribution in [-0.2, 0) is 20.7 Å². The highest BCUT2D eigenvalue weighted by atomic mass is 32.2. The summed E-state index contributed by atoms with van der Waals surface area (Å²) in [7, 11) is 1.59. The zero-order chi connectivity index (χ0) is 18.2. The fourth-order valence-electron chi connectivity index (χ4n) is 2.28. The van der Waals surface area contributed by atoms with Gasteiger partial charge in [0.15, 0.2) is 0 Å². The van der Waals surface area contributed by atoms with Crippen molar-refractivity contribution in [2.24, 2.45) is 0 Å². The average molecular weight is 362 g/mol. The molecule has 134 valence electrons. The average Bonchev–Trinajstić information content (AvgIpc) is 2.87. The third-order valence-electron chi connectivity index (χ3n) is 3.71. The Balaban J connectivity index is 1.96. The molecule has 25 heavy (non-hydrogen) atoms. The van der Waals surface area contributed by atoms with Gasteiger partial charge in [0.1, 0.15) is 6.54 Å². The van der Waals surface area contributed by atoms with Crippen molar-refractivity contribution in [2.75, 3.05) is 26.8 Å². The topological polar surface area (TPSA) is 75.7 Å². The molecular formula is C18H22N2O4S. The number of imide groups is 1. The Morgan fingerprint density at radius 1 is 1.28 bits per heavy atom. The van der Waals surface area contributed by atoms with Crippen molar-refractivity contribution in [1.82, 2.24) is 10.2 Å². The number of rotatable bonds is 8. The lowest BCUT2D eigenvalue weighted by molar-refractivity contribution is -0.129. The minimum absolute atomic E-state index is 0.260. The summed E-state index contributed by atoms with van der Waals surface area (Å²) in [5, 5.41) is 2.25. The largest absolute Gasteiger partial charge is 0.385 e. The van der Waals surface area contributed by atoms with Gasteiger partial charge in [0.25, 0.3) is 11.1 Å². The van der Waals surface area contributed by atoms with Crippen molar-refractivity contribution < 1.29 is 19.1 Å². The number of amides is 3. The maximum atomic E-state index is 12.4. The van der Waals surface area contributed by atoms with E-state index in [0.29, 0.717) is 24.5 Å². The van der Waals surface area contributed by atoms with Crippen molar-refractivity contribution in [1.29, 1.82) is 0 Å². The van der Waals surface area contributed by atoms with Crippen LogP contribution in [-0.4, -0.2) is 48.8 Å². The fraction of sp³-hybridized carbons (Fsp3) is 0.389. The van der Waals surface area contributed by atoms with Gasteiger partial charge < -0.3 is 10.1 Å². The highest BCUT2D eigenvalue weighted by molar-refractivity contribution is 8.18. The van der Waals surface area contributed by atoms with Crippen molar-refractivity contribution in [3.8, 4) is 0 Å². The number of benzene rings is 1. The lowest BCUT2D eigenvalue weighted by atomic mass is 10.1. The van der Waals surface area contributed by atoms with Crippen LogP contribution in [0.25, 0.3) is 6.08 Å². The van der Waals surface area contributed by atoms with Crippen LogP contribution in [0, 0.1) is 0 Å². The predicted octanol–water partition coefficient (Wildman–Crippen LogP) is 2.44. The van der Waals surface area contributed by atoms with Gasteiger partial charge in [-0.2, -0.15) is 0 Å². The van der Waals surface area contributed by atoms with Crippen LogP contribution in [0.3, 0.4) is 0 Å². The SMILES string of the molecule is CCc1ccc(/C=C2\SC(=O)N(CC(=O)NCCCOC)C2=O)cc1. The number of methoxy groups -OCH3 is 1. The van der Waals surface area contributed by atoms with Gasteiger partial charge in [-0.25, -0.2) is 0 Å². The highest BCUT2D eigenvalue weighted by Crippen LogP contribution is 2.31. The Morgan fingerprint density at radius 2 is 2.00 bits per heavy atom. The Kier molecular flexibility index (Phi) is 7.21. The molecule has 0 radical (unpaired) electrons.